The lowest BCUT2D eigenvalue weighted by molar-refractivity contribution is 0.344. The van der Waals surface area contributed by atoms with Crippen LogP contribution in [0.1, 0.15) is 57.7 Å². The van der Waals surface area contributed by atoms with Crippen molar-refractivity contribution in [2.75, 3.05) is 6.54 Å². The molecule has 0 aromatic carbocycles. The fraction of sp³-hybridized carbons (Fsp3) is 0.800. The van der Waals surface area contributed by atoms with Crippen LogP contribution in [0.3, 0.4) is 0 Å². The van der Waals surface area contributed by atoms with E-state index in [0.29, 0.717) is 11.4 Å². The monoisotopic (exact) mass is 283 g/mol. The van der Waals surface area contributed by atoms with Crippen molar-refractivity contribution in [3.8, 4) is 0 Å². The van der Waals surface area contributed by atoms with Gasteiger partial charge < -0.3 is 5.32 Å². The molecule has 0 saturated heterocycles. The number of nitrogens with zero attached hydrogens (tertiary/aromatic N) is 2. The Hall–Kier alpha value is -0.540. The van der Waals surface area contributed by atoms with Crippen LogP contribution in [0.25, 0.3) is 0 Å². The largest absolute Gasteiger partial charge is 0.311 e. The third kappa shape index (κ3) is 4.50. The van der Waals surface area contributed by atoms with Crippen LogP contribution in [0.2, 0.25) is 0 Å². The number of aromatic nitrogens is 2. The molecule has 1 N–H and O–H groups in total. The molecule has 0 bridgehead atoms. The summed E-state index contributed by atoms with van der Waals surface area (Å²) in [5, 5.41) is 8.57. The third-order valence-corrected chi connectivity index (χ3v) is 4.66. The SMILES string of the molecule is CCC(C)n1ccc(CNCC2CCC(Cl)CC2)n1. The Labute approximate surface area is 121 Å². The first-order chi connectivity index (χ1) is 9.19. The van der Waals surface area contributed by atoms with Crippen molar-refractivity contribution >= 4 is 11.6 Å². The van der Waals surface area contributed by atoms with Crippen LogP contribution in [0.15, 0.2) is 12.3 Å². The average molecular weight is 284 g/mol. The van der Waals surface area contributed by atoms with Gasteiger partial charge in [0, 0.05) is 24.2 Å². The van der Waals surface area contributed by atoms with E-state index in [2.05, 4.69) is 41.2 Å². The smallest absolute Gasteiger partial charge is 0.0762 e. The number of hydrogen-bond acceptors (Lipinski definition) is 2. The molecule has 3 nitrogen and oxygen atoms in total. The zero-order valence-electron chi connectivity index (χ0n) is 12.1. The van der Waals surface area contributed by atoms with Gasteiger partial charge in [-0.05, 0) is 57.6 Å². The summed E-state index contributed by atoms with van der Waals surface area (Å²) in [5.74, 6) is 0.798. The van der Waals surface area contributed by atoms with Gasteiger partial charge in [-0.25, -0.2) is 0 Å². The van der Waals surface area contributed by atoms with Crippen molar-refractivity contribution in [2.45, 2.75) is 63.9 Å². The summed E-state index contributed by atoms with van der Waals surface area (Å²) in [6, 6.07) is 2.61. The summed E-state index contributed by atoms with van der Waals surface area (Å²) < 4.78 is 2.07. The lowest BCUT2D eigenvalue weighted by Crippen LogP contribution is -2.26. The van der Waals surface area contributed by atoms with Crippen molar-refractivity contribution < 1.29 is 0 Å². The van der Waals surface area contributed by atoms with Gasteiger partial charge in [0.1, 0.15) is 0 Å². The molecule has 108 valence electrons. The quantitative estimate of drug-likeness (QED) is 0.806. The molecular formula is C15H26ClN3. The van der Waals surface area contributed by atoms with Gasteiger partial charge in [0.25, 0.3) is 0 Å². The zero-order chi connectivity index (χ0) is 13.7. The van der Waals surface area contributed by atoms with Gasteiger partial charge in [0.2, 0.25) is 0 Å². The lowest BCUT2D eigenvalue weighted by atomic mass is 9.89. The first-order valence-corrected chi connectivity index (χ1v) is 8.01. The first-order valence-electron chi connectivity index (χ1n) is 7.57. The number of alkyl halides is 1. The third-order valence-electron chi connectivity index (χ3n) is 4.22. The number of halogens is 1. The summed E-state index contributed by atoms with van der Waals surface area (Å²) in [6.07, 6.45) is 8.10. The van der Waals surface area contributed by atoms with Crippen LogP contribution in [0.5, 0.6) is 0 Å². The zero-order valence-corrected chi connectivity index (χ0v) is 12.9. The normalized spacial score (nSPS) is 25.4. The van der Waals surface area contributed by atoms with Gasteiger partial charge >= 0.3 is 0 Å². The molecule has 1 heterocycles. The Morgan fingerprint density at radius 2 is 2.16 bits per heavy atom. The van der Waals surface area contributed by atoms with E-state index in [4.69, 9.17) is 11.6 Å². The van der Waals surface area contributed by atoms with E-state index in [1.54, 1.807) is 0 Å². The van der Waals surface area contributed by atoms with Crippen molar-refractivity contribution in [1.29, 1.82) is 0 Å². The van der Waals surface area contributed by atoms with Gasteiger partial charge in [-0.3, -0.25) is 4.68 Å². The lowest BCUT2D eigenvalue weighted by Gasteiger charge is -2.24. The number of rotatable bonds is 6. The van der Waals surface area contributed by atoms with Crippen molar-refractivity contribution in [2.24, 2.45) is 5.92 Å². The molecule has 0 spiro atoms. The van der Waals surface area contributed by atoms with Crippen LogP contribution >= 0.6 is 11.6 Å². The standard InChI is InChI=1S/C15H26ClN3/c1-3-12(2)19-9-8-15(18-19)11-17-10-13-4-6-14(16)7-5-13/h8-9,12-14,17H,3-7,10-11H2,1-2H3. The summed E-state index contributed by atoms with van der Waals surface area (Å²) in [5.41, 5.74) is 1.14. The Bertz CT molecular complexity index is 369. The summed E-state index contributed by atoms with van der Waals surface area (Å²) in [4.78, 5) is 0. The van der Waals surface area contributed by atoms with Crippen LogP contribution < -0.4 is 5.32 Å². The second-order valence-electron chi connectivity index (χ2n) is 5.79. The molecule has 2 rings (SSSR count). The molecule has 1 unspecified atom stereocenters. The molecule has 4 heteroatoms. The first kappa shape index (κ1) is 14.9. The maximum atomic E-state index is 6.12. The Kier molecular flexibility index (Phi) is 5.71. The Morgan fingerprint density at radius 1 is 1.42 bits per heavy atom. The Balaban J connectivity index is 1.69. The van der Waals surface area contributed by atoms with E-state index in [1.165, 1.54) is 25.7 Å². The van der Waals surface area contributed by atoms with Crippen molar-refractivity contribution in [1.82, 2.24) is 15.1 Å². The number of hydrogen-bond donors (Lipinski definition) is 1. The summed E-state index contributed by atoms with van der Waals surface area (Å²) in [6.45, 7) is 6.37. The predicted octanol–water partition coefficient (Wildman–Crippen LogP) is 3.74. The van der Waals surface area contributed by atoms with Crippen LogP contribution in [0, 0.1) is 5.92 Å². The van der Waals surface area contributed by atoms with Crippen molar-refractivity contribution in [3.63, 3.8) is 0 Å². The van der Waals surface area contributed by atoms with E-state index >= 15 is 0 Å². The highest BCUT2D eigenvalue weighted by Gasteiger charge is 2.18. The fourth-order valence-corrected chi connectivity index (χ4v) is 2.89. The molecule has 1 aromatic rings. The van der Waals surface area contributed by atoms with E-state index in [9.17, 15) is 0 Å². The maximum Gasteiger partial charge on any atom is 0.0762 e. The van der Waals surface area contributed by atoms with Gasteiger partial charge in [-0.15, -0.1) is 11.6 Å². The van der Waals surface area contributed by atoms with Gasteiger partial charge in [-0.1, -0.05) is 6.92 Å². The topological polar surface area (TPSA) is 29.9 Å². The minimum atomic E-state index is 0.419. The van der Waals surface area contributed by atoms with Gasteiger partial charge in [0.15, 0.2) is 0 Å². The number of nitrogens with one attached hydrogen (secondary N) is 1. The molecule has 1 aromatic heterocycles. The van der Waals surface area contributed by atoms with E-state index in [-0.39, 0.29) is 0 Å². The maximum absolute atomic E-state index is 6.12. The van der Waals surface area contributed by atoms with E-state index in [1.807, 2.05) is 0 Å². The molecule has 0 aliphatic heterocycles. The second-order valence-corrected chi connectivity index (χ2v) is 6.41. The predicted molar refractivity (Wildman–Crippen MR) is 80.5 cm³/mol. The molecule has 0 amide bonds. The van der Waals surface area contributed by atoms with Gasteiger partial charge in [-0.2, -0.15) is 5.10 Å². The molecular weight excluding hydrogens is 258 g/mol. The van der Waals surface area contributed by atoms with Crippen LogP contribution in [0.4, 0.5) is 0 Å². The fourth-order valence-electron chi connectivity index (χ4n) is 2.63. The average Bonchev–Trinajstić information content (AvgIpc) is 2.89. The van der Waals surface area contributed by atoms with Crippen LogP contribution in [-0.2, 0) is 6.54 Å². The van der Waals surface area contributed by atoms with E-state index < -0.39 is 0 Å². The van der Waals surface area contributed by atoms with Crippen LogP contribution in [-0.4, -0.2) is 21.7 Å². The Morgan fingerprint density at radius 3 is 2.84 bits per heavy atom. The summed E-state index contributed by atoms with van der Waals surface area (Å²) in [7, 11) is 0. The van der Waals surface area contributed by atoms with Crippen molar-refractivity contribution in [3.05, 3.63) is 18.0 Å². The highest BCUT2D eigenvalue weighted by atomic mass is 35.5. The highest BCUT2D eigenvalue weighted by Crippen LogP contribution is 2.26. The van der Waals surface area contributed by atoms with Gasteiger partial charge in [0.05, 0.1) is 5.69 Å². The minimum absolute atomic E-state index is 0.419. The second kappa shape index (κ2) is 7.30. The molecule has 1 atom stereocenters. The van der Waals surface area contributed by atoms with E-state index in [0.717, 1.165) is 31.1 Å². The molecule has 1 aliphatic carbocycles. The molecule has 1 saturated carbocycles. The molecule has 0 radical (unpaired) electrons. The molecule has 19 heavy (non-hydrogen) atoms. The summed E-state index contributed by atoms with van der Waals surface area (Å²) >= 11 is 6.12. The minimum Gasteiger partial charge on any atom is -0.311 e. The molecule has 1 fully saturated rings. The highest BCUT2D eigenvalue weighted by molar-refractivity contribution is 6.20. The molecule has 1 aliphatic rings.